The molecule has 3 aromatic carbocycles. The summed E-state index contributed by atoms with van der Waals surface area (Å²) in [5.41, 5.74) is 4.66. The first kappa shape index (κ1) is 22.4. The molecule has 0 radical (unpaired) electrons. The number of halogens is 1. The van der Waals surface area contributed by atoms with Gasteiger partial charge in [0.25, 0.3) is 0 Å². The van der Waals surface area contributed by atoms with Gasteiger partial charge in [-0.05, 0) is 65.1 Å². The molecule has 0 fully saturated rings. The van der Waals surface area contributed by atoms with Crippen LogP contribution in [-0.2, 0) is 11.2 Å². The number of hydrogen-bond acceptors (Lipinski definition) is 4. The minimum absolute atomic E-state index is 0.147. The summed E-state index contributed by atoms with van der Waals surface area (Å²) >= 11 is 7.76. The van der Waals surface area contributed by atoms with Crippen molar-refractivity contribution in [2.75, 3.05) is 7.11 Å². The van der Waals surface area contributed by atoms with Gasteiger partial charge < -0.3 is 4.74 Å². The molecular formula is C26H26ClN3OS. The molecule has 0 aliphatic heterocycles. The molecule has 4 nitrogen and oxygen atoms in total. The lowest BCUT2D eigenvalue weighted by Gasteiger charge is -2.19. The molecule has 4 rings (SSSR count). The van der Waals surface area contributed by atoms with Crippen LogP contribution in [0.4, 0.5) is 0 Å². The van der Waals surface area contributed by atoms with Crippen LogP contribution in [0.15, 0.2) is 78.0 Å². The van der Waals surface area contributed by atoms with Crippen LogP contribution in [0, 0.1) is 0 Å². The average Bonchev–Trinajstić information content (AvgIpc) is 3.22. The molecule has 0 spiro atoms. The summed E-state index contributed by atoms with van der Waals surface area (Å²) in [7, 11) is 1.67. The lowest BCUT2D eigenvalue weighted by Crippen LogP contribution is -2.10. The second-order valence-corrected chi connectivity index (χ2v) is 9.96. The largest absolute Gasteiger partial charge is 0.497 e. The van der Waals surface area contributed by atoms with Crippen LogP contribution in [0.5, 0.6) is 5.75 Å². The van der Waals surface area contributed by atoms with E-state index in [0.29, 0.717) is 5.02 Å². The van der Waals surface area contributed by atoms with Crippen molar-refractivity contribution in [1.82, 2.24) is 14.8 Å². The van der Waals surface area contributed by atoms with Gasteiger partial charge in [-0.3, -0.25) is 4.57 Å². The molecule has 32 heavy (non-hydrogen) atoms. The smallest absolute Gasteiger partial charge is 0.196 e. The molecule has 0 unspecified atom stereocenters. The summed E-state index contributed by atoms with van der Waals surface area (Å²) < 4.78 is 7.40. The Morgan fingerprint density at radius 2 is 1.53 bits per heavy atom. The highest BCUT2D eigenvalue weighted by Crippen LogP contribution is 2.31. The predicted molar refractivity (Wildman–Crippen MR) is 133 cm³/mol. The molecule has 0 N–H and O–H groups in total. The van der Waals surface area contributed by atoms with Gasteiger partial charge in [-0.15, -0.1) is 10.2 Å². The Hall–Kier alpha value is -2.76. The summed E-state index contributed by atoms with van der Waals surface area (Å²) in [6.07, 6.45) is 0. The Bertz CT molecular complexity index is 1180. The highest BCUT2D eigenvalue weighted by atomic mass is 35.5. The molecule has 4 aromatic rings. The topological polar surface area (TPSA) is 39.9 Å². The minimum atomic E-state index is 0.147. The van der Waals surface area contributed by atoms with Crippen molar-refractivity contribution in [2.24, 2.45) is 0 Å². The number of ether oxygens (including phenoxy) is 1. The van der Waals surface area contributed by atoms with E-state index in [1.54, 1.807) is 18.9 Å². The third-order valence-electron chi connectivity index (χ3n) is 5.25. The number of rotatable bonds is 6. The number of hydrogen-bond donors (Lipinski definition) is 0. The molecule has 0 saturated heterocycles. The second kappa shape index (κ2) is 9.39. The fraction of sp³-hybridized carbons (Fsp3) is 0.231. The number of methoxy groups -OCH3 is 1. The van der Waals surface area contributed by atoms with E-state index in [2.05, 4.69) is 59.8 Å². The maximum atomic E-state index is 6.09. The van der Waals surface area contributed by atoms with E-state index in [4.69, 9.17) is 16.3 Å². The zero-order valence-corrected chi connectivity index (χ0v) is 20.2. The molecule has 0 bridgehead atoms. The van der Waals surface area contributed by atoms with Crippen LogP contribution in [-0.4, -0.2) is 21.9 Å². The van der Waals surface area contributed by atoms with E-state index in [-0.39, 0.29) is 5.41 Å². The first-order chi connectivity index (χ1) is 15.3. The summed E-state index contributed by atoms with van der Waals surface area (Å²) in [5.74, 6) is 2.39. The van der Waals surface area contributed by atoms with E-state index in [0.717, 1.165) is 33.7 Å². The van der Waals surface area contributed by atoms with Crippen molar-refractivity contribution in [3.8, 4) is 22.8 Å². The molecule has 0 saturated carbocycles. The zero-order valence-electron chi connectivity index (χ0n) is 18.7. The summed E-state index contributed by atoms with van der Waals surface area (Å²) in [5, 5.41) is 10.6. The lowest BCUT2D eigenvalue weighted by molar-refractivity contribution is 0.414. The van der Waals surface area contributed by atoms with Crippen LogP contribution in [0.3, 0.4) is 0 Å². The van der Waals surface area contributed by atoms with Gasteiger partial charge in [0.1, 0.15) is 5.75 Å². The van der Waals surface area contributed by atoms with E-state index in [1.807, 2.05) is 48.5 Å². The monoisotopic (exact) mass is 463 g/mol. The Kier molecular flexibility index (Phi) is 6.58. The van der Waals surface area contributed by atoms with Gasteiger partial charge in [-0.2, -0.15) is 0 Å². The van der Waals surface area contributed by atoms with Crippen LogP contribution in [0.1, 0.15) is 31.9 Å². The van der Waals surface area contributed by atoms with Gasteiger partial charge in [-0.25, -0.2) is 0 Å². The van der Waals surface area contributed by atoms with Gasteiger partial charge >= 0.3 is 0 Å². The molecule has 0 atom stereocenters. The molecule has 0 amide bonds. The number of benzene rings is 3. The van der Waals surface area contributed by atoms with E-state index < -0.39 is 0 Å². The van der Waals surface area contributed by atoms with Crippen molar-refractivity contribution in [3.63, 3.8) is 0 Å². The van der Waals surface area contributed by atoms with E-state index in [9.17, 15) is 0 Å². The van der Waals surface area contributed by atoms with Gasteiger partial charge in [-0.1, -0.05) is 68.4 Å². The van der Waals surface area contributed by atoms with Crippen LogP contribution < -0.4 is 4.74 Å². The van der Waals surface area contributed by atoms with Crippen LogP contribution >= 0.6 is 23.4 Å². The summed E-state index contributed by atoms with van der Waals surface area (Å²) in [6.45, 7) is 6.69. The van der Waals surface area contributed by atoms with Gasteiger partial charge in [0.05, 0.1) is 7.11 Å². The Balaban J connectivity index is 1.66. The first-order valence-electron chi connectivity index (χ1n) is 10.4. The van der Waals surface area contributed by atoms with Crippen molar-refractivity contribution in [1.29, 1.82) is 0 Å². The highest BCUT2D eigenvalue weighted by molar-refractivity contribution is 7.98. The third-order valence-corrected chi connectivity index (χ3v) is 6.51. The molecule has 1 aromatic heterocycles. The van der Waals surface area contributed by atoms with Gasteiger partial charge in [0, 0.05) is 22.0 Å². The molecule has 1 heterocycles. The Morgan fingerprint density at radius 3 is 2.12 bits per heavy atom. The zero-order chi connectivity index (χ0) is 22.7. The third kappa shape index (κ3) is 5.00. The van der Waals surface area contributed by atoms with Gasteiger partial charge in [0.15, 0.2) is 11.0 Å². The standard InChI is InChI=1S/C26H26ClN3OS/c1-26(2,3)20-9-5-18(6-10-20)17-32-25-29-28-24(19-7-11-21(27)12-8-19)30(25)22-13-15-23(31-4)16-14-22/h5-16H,17H2,1-4H3. The number of thioether (sulfide) groups is 1. The normalized spacial score (nSPS) is 11.5. The summed E-state index contributed by atoms with van der Waals surface area (Å²) in [6, 6.07) is 24.4. The number of nitrogens with zero attached hydrogens (tertiary/aromatic N) is 3. The maximum absolute atomic E-state index is 6.09. The highest BCUT2D eigenvalue weighted by Gasteiger charge is 2.17. The predicted octanol–water partition coefficient (Wildman–Crippen LogP) is 7.19. The summed E-state index contributed by atoms with van der Waals surface area (Å²) in [4.78, 5) is 0. The Labute approximate surface area is 198 Å². The van der Waals surface area contributed by atoms with Crippen molar-refractivity contribution in [3.05, 3.63) is 88.9 Å². The quantitative estimate of drug-likeness (QED) is 0.284. The Morgan fingerprint density at radius 1 is 0.875 bits per heavy atom. The second-order valence-electron chi connectivity index (χ2n) is 8.58. The van der Waals surface area contributed by atoms with E-state index in [1.165, 1.54) is 11.1 Å². The fourth-order valence-corrected chi connectivity index (χ4v) is 4.40. The van der Waals surface area contributed by atoms with Crippen molar-refractivity contribution >= 4 is 23.4 Å². The van der Waals surface area contributed by atoms with Crippen LogP contribution in [0.2, 0.25) is 5.02 Å². The first-order valence-corrected chi connectivity index (χ1v) is 11.8. The average molecular weight is 464 g/mol. The maximum Gasteiger partial charge on any atom is 0.196 e. The van der Waals surface area contributed by atoms with Crippen molar-refractivity contribution in [2.45, 2.75) is 37.1 Å². The van der Waals surface area contributed by atoms with Crippen molar-refractivity contribution < 1.29 is 4.74 Å². The molecule has 0 aliphatic rings. The molecule has 164 valence electrons. The molecular weight excluding hydrogens is 438 g/mol. The lowest BCUT2D eigenvalue weighted by atomic mass is 9.87. The molecule has 6 heteroatoms. The fourth-order valence-electron chi connectivity index (χ4n) is 3.36. The number of aromatic nitrogens is 3. The van der Waals surface area contributed by atoms with Gasteiger partial charge in [0.2, 0.25) is 0 Å². The SMILES string of the molecule is COc1ccc(-n2c(SCc3ccc(C(C)(C)C)cc3)nnc2-c2ccc(Cl)cc2)cc1. The molecule has 0 aliphatic carbocycles. The van der Waals surface area contributed by atoms with Crippen LogP contribution in [0.25, 0.3) is 17.1 Å². The minimum Gasteiger partial charge on any atom is -0.497 e. The van der Waals surface area contributed by atoms with E-state index >= 15 is 0 Å².